The molecule has 0 radical (unpaired) electrons. The predicted octanol–water partition coefficient (Wildman–Crippen LogP) is 2.51. The molecule has 1 aromatic rings. The van der Waals surface area contributed by atoms with Gasteiger partial charge in [0.15, 0.2) is 5.78 Å². The lowest BCUT2D eigenvalue weighted by molar-refractivity contribution is -0.131. The van der Waals surface area contributed by atoms with E-state index in [0.29, 0.717) is 0 Å². The van der Waals surface area contributed by atoms with Crippen molar-refractivity contribution in [1.29, 1.82) is 0 Å². The number of aliphatic carboxylic acids is 1. The highest BCUT2D eigenvalue weighted by molar-refractivity contribution is 6.08. The minimum absolute atomic E-state index is 0.111. The maximum absolute atomic E-state index is 11.7. The third kappa shape index (κ3) is 3.45. The highest BCUT2D eigenvalue weighted by Crippen LogP contribution is 2.27. The summed E-state index contributed by atoms with van der Waals surface area (Å²) >= 11 is 0. The van der Waals surface area contributed by atoms with Gasteiger partial charge in [0.05, 0.1) is 5.56 Å². The summed E-state index contributed by atoms with van der Waals surface area (Å²) < 4.78 is 0. The van der Waals surface area contributed by atoms with Crippen LogP contribution in [0.1, 0.15) is 36.7 Å². The monoisotopic (exact) mass is 248 g/mol. The van der Waals surface area contributed by atoms with Crippen molar-refractivity contribution < 1.29 is 19.8 Å². The fourth-order valence-electron chi connectivity index (χ4n) is 1.44. The van der Waals surface area contributed by atoms with Crippen molar-refractivity contribution in [1.82, 2.24) is 0 Å². The number of phenolic OH excluding ortho intramolecular Hbond substituents is 1. The first-order valence-corrected chi connectivity index (χ1v) is 5.50. The summed E-state index contributed by atoms with van der Waals surface area (Å²) in [5.41, 5.74) is 0.853. The van der Waals surface area contributed by atoms with Crippen LogP contribution in [0.2, 0.25) is 0 Å². The first kappa shape index (κ1) is 14.0. The molecule has 1 rings (SSSR count). The number of carbonyl (C=O) groups is 2. The fraction of sp³-hybridized carbons (Fsp3) is 0.286. The minimum atomic E-state index is -1.20. The summed E-state index contributed by atoms with van der Waals surface area (Å²) in [6, 6.07) is 4.78. The summed E-state index contributed by atoms with van der Waals surface area (Å²) in [6.07, 6.45) is 1.69. The van der Waals surface area contributed by atoms with Gasteiger partial charge in [0.2, 0.25) is 0 Å². The molecule has 4 nitrogen and oxygen atoms in total. The molecule has 0 aromatic heterocycles. The Kier molecular flexibility index (Phi) is 3.91. The highest BCUT2D eigenvalue weighted by Gasteiger charge is 2.17. The summed E-state index contributed by atoms with van der Waals surface area (Å²) in [7, 11) is 0. The number of hydrogen-bond donors (Lipinski definition) is 2. The topological polar surface area (TPSA) is 74.6 Å². The van der Waals surface area contributed by atoms with E-state index in [4.69, 9.17) is 5.11 Å². The zero-order chi connectivity index (χ0) is 13.9. The zero-order valence-electron chi connectivity index (χ0n) is 10.6. The smallest absolute Gasteiger partial charge is 0.328 e. The molecule has 0 amide bonds. The molecule has 0 spiro atoms. The molecule has 0 aliphatic heterocycles. The Hall–Kier alpha value is -2.10. The summed E-state index contributed by atoms with van der Waals surface area (Å²) in [5, 5.41) is 18.1. The van der Waals surface area contributed by atoms with Crippen LogP contribution in [0.4, 0.5) is 0 Å². The van der Waals surface area contributed by atoms with Crippen molar-refractivity contribution in [3.63, 3.8) is 0 Å². The van der Waals surface area contributed by atoms with Crippen molar-refractivity contribution in [2.45, 2.75) is 26.2 Å². The molecule has 1 aromatic carbocycles. The Morgan fingerprint density at radius 3 is 2.28 bits per heavy atom. The van der Waals surface area contributed by atoms with E-state index in [1.165, 1.54) is 6.07 Å². The average Bonchev–Trinajstić information content (AvgIpc) is 2.24. The van der Waals surface area contributed by atoms with Crippen molar-refractivity contribution >= 4 is 11.8 Å². The zero-order valence-corrected chi connectivity index (χ0v) is 10.6. The van der Waals surface area contributed by atoms with Gasteiger partial charge in [-0.3, -0.25) is 4.79 Å². The van der Waals surface area contributed by atoms with Crippen LogP contribution in [0, 0.1) is 0 Å². The van der Waals surface area contributed by atoms with Crippen molar-refractivity contribution in [2.24, 2.45) is 0 Å². The highest BCUT2D eigenvalue weighted by atomic mass is 16.4. The second-order valence-electron chi connectivity index (χ2n) is 5.02. The van der Waals surface area contributed by atoms with Crippen molar-refractivity contribution in [2.75, 3.05) is 0 Å². The van der Waals surface area contributed by atoms with Crippen LogP contribution in [0.3, 0.4) is 0 Å². The Labute approximate surface area is 106 Å². The molecule has 0 saturated carbocycles. The van der Waals surface area contributed by atoms with Gasteiger partial charge in [0.25, 0.3) is 0 Å². The Bertz CT molecular complexity index is 507. The number of carboxylic acids is 1. The quantitative estimate of drug-likeness (QED) is 0.636. The van der Waals surface area contributed by atoms with Gasteiger partial charge < -0.3 is 10.2 Å². The molecule has 96 valence electrons. The third-order valence-corrected chi connectivity index (χ3v) is 2.51. The van der Waals surface area contributed by atoms with Crippen LogP contribution in [0.25, 0.3) is 0 Å². The molecular weight excluding hydrogens is 232 g/mol. The average molecular weight is 248 g/mol. The van der Waals surface area contributed by atoms with E-state index >= 15 is 0 Å². The van der Waals surface area contributed by atoms with E-state index in [9.17, 15) is 14.7 Å². The van der Waals surface area contributed by atoms with Crippen molar-refractivity contribution in [3.8, 4) is 5.75 Å². The molecule has 0 bridgehead atoms. The van der Waals surface area contributed by atoms with E-state index < -0.39 is 11.8 Å². The maximum atomic E-state index is 11.7. The van der Waals surface area contributed by atoms with Crippen LogP contribution < -0.4 is 0 Å². The van der Waals surface area contributed by atoms with Gasteiger partial charge >= 0.3 is 5.97 Å². The lowest BCUT2D eigenvalue weighted by Crippen LogP contribution is -2.12. The normalized spacial score (nSPS) is 11.7. The van der Waals surface area contributed by atoms with E-state index in [2.05, 4.69) is 0 Å². The van der Waals surface area contributed by atoms with Gasteiger partial charge in [-0.1, -0.05) is 26.8 Å². The maximum Gasteiger partial charge on any atom is 0.328 e. The molecule has 2 N–H and O–H groups in total. The van der Waals surface area contributed by atoms with Crippen LogP contribution in [-0.4, -0.2) is 22.0 Å². The lowest BCUT2D eigenvalue weighted by atomic mass is 9.85. The van der Waals surface area contributed by atoms with Gasteiger partial charge in [-0.2, -0.15) is 0 Å². The van der Waals surface area contributed by atoms with E-state index in [0.717, 1.165) is 17.7 Å². The van der Waals surface area contributed by atoms with E-state index in [1.807, 2.05) is 20.8 Å². The second-order valence-corrected chi connectivity index (χ2v) is 5.02. The molecule has 0 aliphatic rings. The molecule has 0 aliphatic carbocycles. The number of hydrogen-bond acceptors (Lipinski definition) is 3. The number of phenols is 1. The van der Waals surface area contributed by atoms with Crippen LogP contribution >= 0.6 is 0 Å². The molecule has 0 saturated heterocycles. The minimum Gasteiger partial charge on any atom is -0.507 e. The number of benzene rings is 1. The fourth-order valence-corrected chi connectivity index (χ4v) is 1.44. The molecule has 4 heteroatoms. The molecular formula is C14H16O4. The Morgan fingerprint density at radius 2 is 1.78 bits per heavy atom. The first-order chi connectivity index (χ1) is 8.21. The predicted molar refractivity (Wildman–Crippen MR) is 67.9 cm³/mol. The number of aromatic hydroxyl groups is 1. The van der Waals surface area contributed by atoms with E-state index in [1.54, 1.807) is 12.1 Å². The van der Waals surface area contributed by atoms with Crippen LogP contribution in [0.5, 0.6) is 5.75 Å². The van der Waals surface area contributed by atoms with Gasteiger partial charge in [-0.15, -0.1) is 0 Å². The number of rotatable bonds is 3. The van der Waals surface area contributed by atoms with Crippen LogP contribution in [0.15, 0.2) is 30.4 Å². The number of ketones is 1. The molecule has 18 heavy (non-hydrogen) atoms. The van der Waals surface area contributed by atoms with E-state index in [-0.39, 0.29) is 16.7 Å². The Morgan fingerprint density at radius 1 is 1.17 bits per heavy atom. The number of carboxylic acid groups (broad SMARTS) is 1. The van der Waals surface area contributed by atoms with Gasteiger partial charge in [-0.25, -0.2) is 4.79 Å². The number of allylic oxidation sites excluding steroid dienone is 1. The molecule has 0 heterocycles. The van der Waals surface area contributed by atoms with Gasteiger partial charge in [0, 0.05) is 6.08 Å². The second kappa shape index (κ2) is 5.04. The molecule has 0 fully saturated rings. The third-order valence-electron chi connectivity index (χ3n) is 2.51. The summed E-state index contributed by atoms with van der Waals surface area (Å²) in [6.45, 7) is 5.96. The summed E-state index contributed by atoms with van der Waals surface area (Å²) in [4.78, 5) is 22.1. The summed E-state index contributed by atoms with van der Waals surface area (Å²) in [5.74, 6) is -1.88. The van der Waals surface area contributed by atoms with Gasteiger partial charge in [-0.05, 0) is 29.2 Å². The van der Waals surface area contributed by atoms with Crippen LogP contribution in [-0.2, 0) is 10.2 Å². The standard InChI is InChI=1S/C14H16O4/c1-14(2,3)9-4-5-11(15)10(8-9)12(16)6-7-13(17)18/h4-8,15H,1-3H3,(H,17,18)/b7-6+. The molecule has 0 unspecified atom stereocenters. The number of carbonyl (C=O) groups excluding carboxylic acids is 1. The molecule has 0 atom stereocenters. The SMILES string of the molecule is CC(C)(C)c1ccc(O)c(C(=O)/C=C/C(=O)O)c1. The first-order valence-electron chi connectivity index (χ1n) is 5.50. The Balaban J connectivity index is 3.16. The largest absolute Gasteiger partial charge is 0.507 e. The lowest BCUT2D eigenvalue weighted by Gasteiger charge is -2.19. The van der Waals surface area contributed by atoms with Crippen molar-refractivity contribution in [3.05, 3.63) is 41.5 Å². The van der Waals surface area contributed by atoms with Gasteiger partial charge in [0.1, 0.15) is 5.75 Å².